The predicted octanol–water partition coefficient (Wildman–Crippen LogP) is 6.07. The molecule has 196 valence electrons. The molecule has 1 aliphatic heterocycles. The molecule has 0 radical (unpaired) electrons. The quantitative estimate of drug-likeness (QED) is 0.277. The van der Waals surface area contributed by atoms with Gasteiger partial charge in [0.25, 0.3) is 0 Å². The van der Waals surface area contributed by atoms with E-state index in [1.165, 1.54) is 0 Å². The van der Waals surface area contributed by atoms with Gasteiger partial charge in [-0.15, -0.1) is 0 Å². The van der Waals surface area contributed by atoms with E-state index >= 15 is 0 Å². The smallest absolute Gasteiger partial charge is 0.228 e. The van der Waals surface area contributed by atoms with Gasteiger partial charge in [0, 0.05) is 18.0 Å². The Morgan fingerprint density at radius 3 is 2.41 bits per heavy atom. The number of fused-ring (bicyclic) bond motifs is 4. The minimum absolute atomic E-state index is 0.228. The molecule has 1 unspecified atom stereocenters. The van der Waals surface area contributed by atoms with Crippen molar-refractivity contribution in [2.24, 2.45) is 0 Å². The molecule has 0 saturated carbocycles. The van der Waals surface area contributed by atoms with Gasteiger partial charge in [-0.1, -0.05) is 48.5 Å². The predicted molar refractivity (Wildman–Crippen MR) is 149 cm³/mol. The van der Waals surface area contributed by atoms with Gasteiger partial charge in [-0.2, -0.15) is 0 Å². The van der Waals surface area contributed by atoms with Crippen LogP contribution in [0.25, 0.3) is 10.8 Å². The molecule has 7 heteroatoms. The maximum Gasteiger partial charge on any atom is 0.228 e. The van der Waals surface area contributed by atoms with E-state index in [9.17, 15) is 5.41 Å². The number of hydrogen-bond donors (Lipinski definition) is 1. The van der Waals surface area contributed by atoms with Gasteiger partial charge in [0.2, 0.25) is 5.88 Å². The van der Waals surface area contributed by atoms with Crippen LogP contribution in [0.4, 0.5) is 0 Å². The maximum atomic E-state index is 9.31. The fraction of sp³-hybridized carbons (Fsp3) is 0.188. The highest BCUT2D eigenvalue weighted by atomic mass is 16.5. The van der Waals surface area contributed by atoms with E-state index in [0.29, 0.717) is 35.8 Å². The molecule has 0 aliphatic carbocycles. The van der Waals surface area contributed by atoms with Crippen molar-refractivity contribution in [1.29, 1.82) is 5.41 Å². The molecular weight excluding hydrogens is 490 g/mol. The van der Waals surface area contributed by atoms with E-state index < -0.39 is 0 Å². The second-order valence-corrected chi connectivity index (χ2v) is 9.45. The third kappa shape index (κ3) is 4.36. The van der Waals surface area contributed by atoms with Crippen LogP contribution in [-0.4, -0.2) is 30.9 Å². The van der Waals surface area contributed by atoms with Crippen molar-refractivity contribution >= 4 is 10.8 Å². The molecule has 1 aliphatic rings. The largest absolute Gasteiger partial charge is 0.497 e. The Kier molecular flexibility index (Phi) is 6.40. The molecule has 0 spiro atoms. The lowest BCUT2D eigenvalue weighted by atomic mass is 9.81. The van der Waals surface area contributed by atoms with Gasteiger partial charge in [0.05, 0.1) is 26.9 Å². The molecule has 1 atom stereocenters. The molecule has 0 fully saturated rings. The first-order valence-electron chi connectivity index (χ1n) is 12.8. The van der Waals surface area contributed by atoms with Crippen molar-refractivity contribution < 1.29 is 18.9 Å². The Morgan fingerprint density at radius 1 is 0.846 bits per heavy atom. The van der Waals surface area contributed by atoms with Crippen molar-refractivity contribution in [3.8, 4) is 28.9 Å². The number of aromatic nitrogens is 2. The summed E-state index contributed by atoms with van der Waals surface area (Å²) in [7, 11) is 4.92. The molecule has 0 saturated heterocycles. The van der Waals surface area contributed by atoms with Gasteiger partial charge in [0.15, 0.2) is 11.5 Å². The summed E-state index contributed by atoms with van der Waals surface area (Å²) in [5.74, 6) is 3.16. The molecule has 7 nitrogen and oxygen atoms in total. The topological polar surface area (TPSA) is 78.6 Å². The summed E-state index contributed by atoms with van der Waals surface area (Å²) >= 11 is 0. The minimum Gasteiger partial charge on any atom is -0.497 e. The van der Waals surface area contributed by atoms with E-state index in [1.807, 2.05) is 53.1 Å². The molecule has 0 amide bonds. The van der Waals surface area contributed by atoms with Gasteiger partial charge < -0.3 is 23.5 Å². The van der Waals surface area contributed by atoms with Crippen LogP contribution in [0.15, 0.2) is 85.2 Å². The monoisotopic (exact) mass is 519 g/mol. The Morgan fingerprint density at radius 2 is 1.64 bits per heavy atom. The lowest BCUT2D eigenvalue weighted by Gasteiger charge is -2.30. The lowest BCUT2D eigenvalue weighted by molar-refractivity contribution is 0.354. The van der Waals surface area contributed by atoms with Crippen LogP contribution >= 0.6 is 0 Å². The zero-order chi connectivity index (χ0) is 26.9. The summed E-state index contributed by atoms with van der Waals surface area (Å²) in [6, 6.07) is 26.3. The highest BCUT2D eigenvalue weighted by molar-refractivity contribution is 5.90. The highest BCUT2D eigenvalue weighted by Gasteiger charge is 2.33. The average Bonchev–Trinajstić information content (AvgIpc) is 2.99. The molecular formula is C32H29N3O4. The summed E-state index contributed by atoms with van der Waals surface area (Å²) < 4.78 is 24.5. The number of ether oxygens (including phenoxy) is 4. The molecule has 39 heavy (non-hydrogen) atoms. The molecule has 5 aromatic rings. The number of rotatable bonds is 7. The number of nitrogens with one attached hydrogen (secondary N) is 1. The van der Waals surface area contributed by atoms with E-state index in [-0.39, 0.29) is 5.92 Å². The Labute approximate surface area is 226 Å². The van der Waals surface area contributed by atoms with Crippen LogP contribution in [-0.2, 0) is 13.0 Å². The van der Waals surface area contributed by atoms with Crippen molar-refractivity contribution in [1.82, 2.24) is 9.55 Å². The standard InChI is InChI=1S/C32H29N3O4/c1-36-23-12-9-22(10-13-23)28-29-24-7-5-4-6-21(24)11-15-26(29)39-32-30(28)31(33)35(19-34-32)17-16-20-8-14-25(37-2)27(18-20)38-3/h4-15,18-19,28,33H,16-17H2,1-3H3. The molecule has 1 aromatic heterocycles. The first-order chi connectivity index (χ1) is 19.1. The van der Waals surface area contributed by atoms with Crippen molar-refractivity contribution in [2.75, 3.05) is 21.3 Å². The number of methoxy groups -OCH3 is 3. The average molecular weight is 520 g/mol. The second kappa shape index (κ2) is 10.2. The SMILES string of the molecule is COc1ccc(C2c3c(ncn(CCc4ccc(OC)c(OC)c4)c3=N)Oc3ccc4ccccc4c32)cc1. The van der Waals surface area contributed by atoms with Crippen LogP contribution in [0.5, 0.6) is 28.9 Å². The number of aryl methyl sites for hydroxylation is 2. The van der Waals surface area contributed by atoms with Gasteiger partial charge >= 0.3 is 0 Å². The summed E-state index contributed by atoms with van der Waals surface area (Å²) in [4.78, 5) is 4.69. The third-order valence-electron chi connectivity index (χ3n) is 7.34. The Bertz CT molecular complexity index is 1730. The van der Waals surface area contributed by atoms with Crippen LogP contribution in [0.3, 0.4) is 0 Å². The minimum atomic E-state index is -0.228. The van der Waals surface area contributed by atoms with E-state index in [2.05, 4.69) is 30.3 Å². The van der Waals surface area contributed by atoms with Crippen LogP contribution in [0.2, 0.25) is 0 Å². The molecule has 1 N–H and O–H groups in total. The van der Waals surface area contributed by atoms with Crippen molar-refractivity contribution in [2.45, 2.75) is 18.9 Å². The summed E-state index contributed by atoms with van der Waals surface area (Å²) in [5.41, 5.74) is 4.29. The number of nitrogens with zero attached hydrogens (tertiary/aromatic N) is 2. The summed E-state index contributed by atoms with van der Waals surface area (Å²) in [5, 5.41) is 11.5. The molecule has 6 rings (SSSR count). The van der Waals surface area contributed by atoms with Crippen molar-refractivity contribution in [3.05, 3.63) is 113 Å². The van der Waals surface area contributed by atoms with E-state index in [4.69, 9.17) is 23.9 Å². The maximum absolute atomic E-state index is 9.31. The van der Waals surface area contributed by atoms with Gasteiger partial charge in [-0.05, 0) is 58.7 Å². The summed E-state index contributed by atoms with van der Waals surface area (Å²) in [6.07, 6.45) is 2.39. The first kappa shape index (κ1) is 24.6. The molecule has 2 heterocycles. The fourth-order valence-corrected chi connectivity index (χ4v) is 5.34. The molecule has 0 bridgehead atoms. The van der Waals surface area contributed by atoms with Crippen LogP contribution in [0, 0.1) is 5.41 Å². The van der Waals surface area contributed by atoms with Gasteiger partial charge in [0.1, 0.15) is 23.3 Å². The zero-order valence-corrected chi connectivity index (χ0v) is 22.1. The number of hydrogen-bond acceptors (Lipinski definition) is 6. The van der Waals surface area contributed by atoms with Crippen LogP contribution < -0.4 is 24.4 Å². The van der Waals surface area contributed by atoms with Crippen molar-refractivity contribution in [3.63, 3.8) is 0 Å². The lowest BCUT2D eigenvalue weighted by Crippen LogP contribution is -2.30. The van der Waals surface area contributed by atoms with Gasteiger partial charge in [-0.3, -0.25) is 5.41 Å². The Balaban J connectivity index is 1.45. The first-order valence-corrected chi connectivity index (χ1v) is 12.8. The normalized spacial score (nSPS) is 13.8. The van der Waals surface area contributed by atoms with E-state index in [1.54, 1.807) is 27.7 Å². The number of benzene rings is 4. The second-order valence-electron chi connectivity index (χ2n) is 9.45. The Hall–Kier alpha value is -4.78. The highest BCUT2D eigenvalue weighted by Crippen LogP contribution is 2.48. The third-order valence-corrected chi connectivity index (χ3v) is 7.34. The van der Waals surface area contributed by atoms with E-state index in [0.717, 1.165) is 44.5 Å². The van der Waals surface area contributed by atoms with Crippen LogP contribution in [0.1, 0.15) is 28.2 Å². The fourth-order valence-electron chi connectivity index (χ4n) is 5.34. The van der Waals surface area contributed by atoms with Gasteiger partial charge in [-0.25, -0.2) is 4.98 Å². The molecule has 4 aromatic carbocycles. The zero-order valence-electron chi connectivity index (χ0n) is 22.1. The summed E-state index contributed by atoms with van der Waals surface area (Å²) in [6.45, 7) is 0.576.